The molecule has 1 heteroatoms. The van der Waals surface area contributed by atoms with Gasteiger partial charge < -0.3 is 4.74 Å². The lowest BCUT2D eigenvalue weighted by atomic mass is 9.85. The van der Waals surface area contributed by atoms with Gasteiger partial charge in [-0.3, -0.25) is 0 Å². The van der Waals surface area contributed by atoms with Crippen LogP contribution in [0.5, 0.6) is 0 Å². The average molecular weight is 152 g/mol. The van der Waals surface area contributed by atoms with Crippen molar-refractivity contribution >= 4 is 0 Å². The molecule has 0 spiro atoms. The molecule has 0 aromatic rings. The fourth-order valence-electron chi connectivity index (χ4n) is 2.38. The summed E-state index contributed by atoms with van der Waals surface area (Å²) in [6.07, 6.45) is 2.47. The highest BCUT2D eigenvalue weighted by Crippen LogP contribution is 2.48. The van der Waals surface area contributed by atoms with Crippen molar-refractivity contribution in [3.63, 3.8) is 0 Å². The first-order valence-corrected chi connectivity index (χ1v) is 4.47. The van der Waals surface area contributed by atoms with Crippen LogP contribution in [-0.2, 0) is 4.74 Å². The molecule has 0 N–H and O–H groups in total. The van der Waals surface area contributed by atoms with E-state index in [1.807, 2.05) is 0 Å². The van der Waals surface area contributed by atoms with Crippen molar-refractivity contribution < 1.29 is 4.74 Å². The fourth-order valence-corrected chi connectivity index (χ4v) is 2.38. The standard InChI is InChI=1S/C10H16O/c1-7-6-11-10(3)5-4-9(7)8(10)2/h7,9H,2,4-6H2,1,3H3/t7-,9-,10-/m0/s1. The van der Waals surface area contributed by atoms with Gasteiger partial charge in [-0.1, -0.05) is 13.5 Å². The Bertz CT molecular complexity index is 197. The second kappa shape index (κ2) is 2.10. The van der Waals surface area contributed by atoms with Crippen molar-refractivity contribution in [2.24, 2.45) is 11.8 Å². The van der Waals surface area contributed by atoms with E-state index in [4.69, 9.17) is 4.74 Å². The Morgan fingerprint density at radius 3 is 3.00 bits per heavy atom. The van der Waals surface area contributed by atoms with Crippen LogP contribution in [0.4, 0.5) is 0 Å². The predicted octanol–water partition coefficient (Wildman–Crippen LogP) is 2.38. The van der Waals surface area contributed by atoms with Crippen LogP contribution in [0, 0.1) is 11.8 Å². The Hall–Kier alpha value is -0.300. The molecule has 1 aliphatic heterocycles. The van der Waals surface area contributed by atoms with E-state index in [0.29, 0.717) is 5.92 Å². The number of ether oxygens (including phenoxy) is 1. The van der Waals surface area contributed by atoms with Crippen molar-refractivity contribution in [3.05, 3.63) is 12.2 Å². The molecule has 2 rings (SSSR count). The summed E-state index contributed by atoms with van der Waals surface area (Å²) < 4.78 is 5.78. The second-order valence-corrected chi connectivity index (χ2v) is 4.19. The molecule has 1 saturated heterocycles. The van der Waals surface area contributed by atoms with Gasteiger partial charge in [0.25, 0.3) is 0 Å². The summed E-state index contributed by atoms with van der Waals surface area (Å²) in [4.78, 5) is 0. The largest absolute Gasteiger partial charge is 0.371 e. The van der Waals surface area contributed by atoms with Gasteiger partial charge in [0.05, 0.1) is 12.2 Å². The molecule has 0 aromatic heterocycles. The fraction of sp³-hybridized carbons (Fsp3) is 0.800. The summed E-state index contributed by atoms with van der Waals surface area (Å²) in [7, 11) is 0. The first-order chi connectivity index (χ1) is 5.13. The molecule has 1 saturated carbocycles. The summed E-state index contributed by atoms with van der Waals surface area (Å²) in [5.41, 5.74) is 1.38. The number of fused-ring (bicyclic) bond motifs is 2. The zero-order valence-corrected chi connectivity index (χ0v) is 7.39. The van der Waals surface area contributed by atoms with Crippen LogP contribution in [0.1, 0.15) is 26.7 Å². The molecule has 0 radical (unpaired) electrons. The topological polar surface area (TPSA) is 9.23 Å². The lowest BCUT2D eigenvalue weighted by Gasteiger charge is -2.35. The minimum absolute atomic E-state index is 0.0389. The maximum Gasteiger partial charge on any atom is 0.0864 e. The lowest BCUT2D eigenvalue weighted by molar-refractivity contribution is -0.0352. The molecule has 3 atom stereocenters. The molecule has 0 amide bonds. The SMILES string of the molecule is C=C1[C@H]2CC[C@]1(C)OC[C@@H]2C. The van der Waals surface area contributed by atoms with E-state index in [2.05, 4.69) is 20.4 Å². The van der Waals surface area contributed by atoms with Crippen molar-refractivity contribution in [3.8, 4) is 0 Å². The first kappa shape index (κ1) is 7.35. The van der Waals surface area contributed by atoms with Crippen LogP contribution >= 0.6 is 0 Å². The maximum atomic E-state index is 5.78. The highest BCUT2D eigenvalue weighted by atomic mass is 16.5. The van der Waals surface area contributed by atoms with Gasteiger partial charge in [-0.2, -0.15) is 0 Å². The Kier molecular flexibility index (Phi) is 1.40. The summed E-state index contributed by atoms with van der Waals surface area (Å²) in [5, 5.41) is 0. The molecule has 1 aliphatic carbocycles. The second-order valence-electron chi connectivity index (χ2n) is 4.19. The molecule has 1 heterocycles. The highest BCUT2D eigenvalue weighted by Gasteiger charge is 2.45. The van der Waals surface area contributed by atoms with Crippen molar-refractivity contribution in [1.29, 1.82) is 0 Å². The third-order valence-corrected chi connectivity index (χ3v) is 3.41. The van der Waals surface area contributed by atoms with E-state index in [-0.39, 0.29) is 5.60 Å². The summed E-state index contributed by atoms with van der Waals surface area (Å²) in [5.74, 6) is 1.44. The van der Waals surface area contributed by atoms with Gasteiger partial charge in [0.15, 0.2) is 0 Å². The zero-order chi connectivity index (χ0) is 8.06. The van der Waals surface area contributed by atoms with E-state index >= 15 is 0 Å². The smallest absolute Gasteiger partial charge is 0.0864 e. The lowest BCUT2D eigenvalue weighted by Crippen LogP contribution is -2.36. The van der Waals surface area contributed by atoms with Gasteiger partial charge in [0, 0.05) is 0 Å². The van der Waals surface area contributed by atoms with Crippen LogP contribution < -0.4 is 0 Å². The summed E-state index contributed by atoms with van der Waals surface area (Å²) in [6.45, 7) is 9.51. The Morgan fingerprint density at radius 2 is 2.36 bits per heavy atom. The van der Waals surface area contributed by atoms with Gasteiger partial charge in [-0.05, 0) is 37.2 Å². The molecule has 11 heavy (non-hydrogen) atoms. The third kappa shape index (κ3) is 0.871. The molecular weight excluding hydrogens is 136 g/mol. The first-order valence-electron chi connectivity index (χ1n) is 4.47. The van der Waals surface area contributed by atoms with E-state index in [1.54, 1.807) is 0 Å². The normalized spacial score (nSPS) is 49.8. The molecule has 2 fully saturated rings. The molecule has 1 nitrogen and oxygen atoms in total. The number of hydrogen-bond donors (Lipinski definition) is 0. The Balaban J connectivity index is 2.29. The van der Waals surface area contributed by atoms with Gasteiger partial charge in [0.1, 0.15) is 0 Å². The zero-order valence-electron chi connectivity index (χ0n) is 7.39. The van der Waals surface area contributed by atoms with E-state index in [0.717, 1.165) is 12.5 Å². The number of hydrogen-bond acceptors (Lipinski definition) is 1. The minimum atomic E-state index is 0.0389. The van der Waals surface area contributed by atoms with Crippen molar-refractivity contribution in [2.45, 2.75) is 32.3 Å². The molecule has 62 valence electrons. The Morgan fingerprint density at radius 1 is 1.64 bits per heavy atom. The van der Waals surface area contributed by atoms with Crippen LogP contribution in [-0.4, -0.2) is 12.2 Å². The quantitative estimate of drug-likeness (QED) is 0.484. The van der Waals surface area contributed by atoms with Gasteiger partial charge in [-0.15, -0.1) is 0 Å². The van der Waals surface area contributed by atoms with Crippen LogP contribution in [0.25, 0.3) is 0 Å². The molecule has 0 unspecified atom stereocenters. The van der Waals surface area contributed by atoms with Crippen LogP contribution in [0.3, 0.4) is 0 Å². The molecular formula is C10H16O. The third-order valence-electron chi connectivity index (χ3n) is 3.41. The molecule has 2 aliphatic rings. The predicted molar refractivity (Wildman–Crippen MR) is 45.4 cm³/mol. The van der Waals surface area contributed by atoms with Crippen LogP contribution in [0.2, 0.25) is 0 Å². The summed E-state index contributed by atoms with van der Waals surface area (Å²) in [6, 6.07) is 0. The Labute approximate surface area is 68.4 Å². The minimum Gasteiger partial charge on any atom is -0.371 e. The van der Waals surface area contributed by atoms with Crippen molar-refractivity contribution in [2.75, 3.05) is 6.61 Å². The molecule has 0 aromatic carbocycles. The maximum absolute atomic E-state index is 5.78. The average Bonchev–Trinajstić information content (AvgIpc) is 2.14. The monoisotopic (exact) mass is 152 g/mol. The highest BCUT2D eigenvalue weighted by molar-refractivity contribution is 5.23. The van der Waals surface area contributed by atoms with E-state index in [9.17, 15) is 0 Å². The number of rotatable bonds is 0. The van der Waals surface area contributed by atoms with Crippen LogP contribution in [0.15, 0.2) is 12.2 Å². The summed E-state index contributed by atoms with van der Waals surface area (Å²) >= 11 is 0. The van der Waals surface area contributed by atoms with Gasteiger partial charge in [-0.25, -0.2) is 0 Å². The van der Waals surface area contributed by atoms with Gasteiger partial charge in [0.2, 0.25) is 0 Å². The van der Waals surface area contributed by atoms with Crippen molar-refractivity contribution in [1.82, 2.24) is 0 Å². The van der Waals surface area contributed by atoms with E-state index in [1.165, 1.54) is 18.4 Å². The van der Waals surface area contributed by atoms with Gasteiger partial charge >= 0.3 is 0 Å². The molecule has 2 bridgehead atoms. The van der Waals surface area contributed by atoms with E-state index < -0.39 is 0 Å².